The number of anilines is 1. The Morgan fingerprint density at radius 1 is 0.658 bits per heavy atom. The number of hydrogen-bond donors (Lipinski definition) is 0. The third-order valence-corrected chi connectivity index (χ3v) is 9.16. The fourth-order valence-corrected chi connectivity index (χ4v) is 6.89. The molecule has 0 atom stereocenters. The highest BCUT2D eigenvalue weighted by atomic mass is 32.3. The van der Waals surface area contributed by atoms with Crippen LogP contribution in [0.4, 0.5) is 5.82 Å². The Labute approximate surface area is 228 Å². The maximum Gasteiger partial charge on any atom is 0.250 e. The molecule has 0 saturated heterocycles. The van der Waals surface area contributed by atoms with Gasteiger partial charge < -0.3 is 0 Å². The fourth-order valence-electron chi connectivity index (χ4n) is 4.05. The molecule has 5 rings (SSSR count). The van der Waals surface area contributed by atoms with Gasteiger partial charge >= 0.3 is 0 Å². The molecule has 0 spiro atoms. The first kappa shape index (κ1) is 25.7. The van der Waals surface area contributed by atoms with Crippen molar-refractivity contribution in [1.82, 2.24) is 9.97 Å². The molecule has 0 amide bonds. The minimum atomic E-state index is -3.80. The van der Waals surface area contributed by atoms with Crippen LogP contribution in [0.3, 0.4) is 0 Å². The van der Waals surface area contributed by atoms with Crippen molar-refractivity contribution in [3.63, 3.8) is 0 Å². The van der Waals surface area contributed by atoms with Crippen molar-refractivity contribution in [2.75, 3.05) is 3.71 Å². The molecular formula is C31H27N3O2S2. The van der Waals surface area contributed by atoms with Crippen LogP contribution in [0, 0.1) is 0 Å². The summed E-state index contributed by atoms with van der Waals surface area (Å²) < 4.78 is 29.2. The van der Waals surface area contributed by atoms with Crippen LogP contribution in [0.25, 0.3) is 11.3 Å². The third-order valence-electron chi connectivity index (χ3n) is 5.92. The number of nitrogens with zero attached hydrogens (tertiary/aromatic N) is 3. The van der Waals surface area contributed by atoms with E-state index >= 15 is 0 Å². The summed E-state index contributed by atoms with van der Waals surface area (Å²) in [7, 11) is -3.80. The SMILES string of the molecule is O=S(=O)(Cc1ccccc1)N(SCc1ccccc1)c1ncc(-c2ccccc2)nc1Cc1ccccc1. The smallest absolute Gasteiger partial charge is 0.247 e. The van der Waals surface area contributed by atoms with Crippen LogP contribution in [0.2, 0.25) is 0 Å². The molecule has 0 aliphatic heterocycles. The molecule has 0 N–H and O–H groups in total. The molecule has 190 valence electrons. The van der Waals surface area contributed by atoms with Gasteiger partial charge in [0.05, 0.1) is 23.3 Å². The molecule has 0 bridgehead atoms. The lowest BCUT2D eigenvalue weighted by Crippen LogP contribution is -2.28. The molecule has 0 fully saturated rings. The quantitative estimate of drug-likeness (QED) is 0.181. The van der Waals surface area contributed by atoms with Gasteiger partial charge in [-0.15, -0.1) is 0 Å². The van der Waals surface area contributed by atoms with Crippen molar-refractivity contribution in [2.45, 2.75) is 17.9 Å². The summed E-state index contributed by atoms with van der Waals surface area (Å²) in [5.74, 6) is 0.676. The van der Waals surface area contributed by atoms with E-state index in [2.05, 4.69) is 0 Å². The summed E-state index contributed by atoms with van der Waals surface area (Å²) in [6, 6.07) is 38.8. The molecule has 0 saturated carbocycles. The normalized spacial score (nSPS) is 11.3. The lowest BCUT2D eigenvalue weighted by atomic mass is 10.1. The molecule has 0 unspecified atom stereocenters. The van der Waals surface area contributed by atoms with Crippen LogP contribution in [-0.4, -0.2) is 18.4 Å². The first-order chi connectivity index (χ1) is 18.6. The van der Waals surface area contributed by atoms with E-state index < -0.39 is 10.0 Å². The van der Waals surface area contributed by atoms with E-state index in [4.69, 9.17) is 9.97 Å². The Morgan fingerprint density at radius 2 is 1.18 bits per heavy atom. The Hall–Kier alpha value is -3.94. The number of aromatic nitrogens is 2. The average Bonchev–Trinajstić information content (AvgIpc) is 2.95. The highest BCUT2D eigenvalue weighted by Crippen LogP contribution is 2.33. The highest BCUT2D eigenvalue weighted by molar-refractivity contribution is 8.13. The van der Waals surface area contributed by atoms with Crippen molar-refractivity contribution >= 4 is 27.8 Å². The first-order valence-corrected chi connectivity index (χ1v) is 14.8. The Balaban J connectivity index is 1.58. The Kier molecular flexibility index (Phi) is 8.16. The van der Waals surface area contributed by atoms with Gasteiger partial charge in [0.2, 0.25) is 10.0 Å². The van der Waals surface area contributed by atoms with Crippen LogP contribution in [0.15, 0.2) is 128 Å². The molecule has 5 aromatic rings. The molecular weight excluding hydrogens is 510 g/mol. The zero-order valence-electron chi connectivity index (χ0n) is 20.7. The standard InChI is InChI=1S/C31H27N3O2S2/c35-38(36,24-27-17-9-3-10-18-27)34(37-23-26-15-7-2-8-16-26)31-29(21-25-13-5-1-6-14-25)33-30(22-32-31)28-19-11-4-12-20-28/h1-20,22H,21,23-24H2. The van der Waals surface area contributed by atoms with Gasteiger partial charge in [-0.2, -0.15) is 3.71 Å². The molecule has 1 aromatic heterocycles. The summed E-state index contributed by atoms with van der Waals surface area (Å²) in [4.78, 5) is 9.69. The van der Waals surface area contributed by atoms with Crippen LogP contribution in [0.5, 0.6) is 0 Å². The second-order valence-electron chi connectivity index (χ2n) is 8.78. The van der Waals surface area contributed by atoms with E-state index in [9.17, 15) is 8.42 Å². The fraction of sp³-hybridized carbons (Fsp3) is 0.0968. The second-order valence-corrected chi connectivity index (χ2v) is 11.7. The number of sulfonamides is 1. The maximum atomic E-state index is 13.9. The summed E-state index contributed by atoms with van der Waals surface area (Å²) in [5, 5.41) is 0. The van der Waals surface area contributed by atoms with Crippen LogP contribution in [-0.2, 0) is 27.9 Å². The van der Waals surface area contributed by atoms with Gasteiger partial charge in [-0.3, -0.25) is 0 Å². The summed E-state index contributed by atoms with van der Waals surface area (Å²) in [6.07, 6.45) is 2.11. The predicted molar refractivity (Wildman–Crippen MR) is 156 cm³/mol. The minimum absolute atomic E-state index is 0.136. The van der Waals surface area contributed by atoms with Crippen LogP contribution >= 0.6 is 11.9 Å². The monoisotopic (exact) mass is 537 g/mol. The van der Waals surface area contributed by atoms with Gasteiger partial charge in [-0.25, -0.2) is 18.4 Å². The molecule has 1 heterocycles. The van der Waals surface area contributed by atoms with Gasteiger partial charge in [0.25, 0.3) is 0 Å². The molecule has 0 aliphatic rings. The second kappa shape index (κ2) is 12.1. The van der Waals surface area contributed by atoms with Crippen molar-refractivity contribution in [3.05, 3.63) is 150 Å². The van der Waals surface area contributed by atoms with Crippen molar-refractivity contribution in [1.29, 1.82) is 0 Å². The number of hydrogen-bond acceptors (Lipinski definition) is 5. The van der Waals surface area contributed by atoms with Gasteiger partial charge in [0, 0.05) is 17.7 Å². The average molecular weight is 538 g/mol. The molecule has 38 heavy (non-hydrogen) atoms. The van der Waals surface area contributed by atoms with Crippen LogP contribution in [0.1, 0.15) is 22.4 Å². The maximum absolute atomic E-state index is 13.9. The zero-order valence-corrected chi connectivity index (χ0v) is 22.4. The predicted octanol–water partition coefficient (Wildman–Crippen LogP) is 6.92. The van der Waals surface area contributed by atoms with E-state index in [0.717, 1.165) is 22.3 Å². The van der Waals surface area contributed by atoms with Gasteiger partial charge in [-0.05, 0) is 28.6 Å². The summed E-state index contributed by atoms with van der Waals surface area (Å²) in [6.45, 7) is 0. The number of benzene rings is 4. The van der Waals surface area contributed by atoms with E-state index in [1.54, 1.807) is 6.20 Å². The van der Waals surface area contributed by atoms with Gasteiger partial charge in [0.15, 0.2) is 5.82 Å². The van der Waals surface area contributed by atoms with Gasteiger partial charge in [0.1, 0.15) is 0 Å². The first-order valence-electron chi connectivity index (χ1n) is 12.3. The van der Waals surface area contributed by atoms with E-state index in [0.29, 0.717) is 29.4 Å². The Bertz CT molecular complexity index is 1570. The zero-order chi connectivity index (χ0) is 26.2. The summed E-state index contributed by atoms with van der Waals surface area (Å²) in [5.41, 5.74) is 5.01. The largest absolute Gasteiger partial charge is 0.250 e. The lowest BCUT2D eigenvalue weighted by molar-refractivity contribution is 0.597. The van der Waals surface area contributed by atoms with E-state index in [1.807, 2.05) is 121 Å². The molecule has 7 heteroatoms. The Morgan fingerprint density at radius 3 is 1.79 bits per heavy atom. The summed E-state index contributed by atoms with van der Waals surface area (Å²) >= 11 is 1.22. The van der Waals surface area contributed by atoms with Gasteiger partial charge in [-0.1, -0.05) is 121 Å². The van der Waals surface area contributed by atoms with Crippen molar-refractivity contribution < 1.29 is 8.42 Å². The highest BCUT2D eigenvalue weighted by Gasteiger charge is 2.28. The number of rotatable bonds is 10. The van der Waals surface area contributed by atoms with Crippen molar-refractivity contribution in [3.8, 4) is 11.3 Å². The molecule has 5 nitrogen and oxygen atoms in total. The van der Waals surface area contributed by atoms with Crippen molar-refractivity contribution in [2.24, 2.45) is 0 Å². The minimum Gasteiger partial charge on any atom is -0.247 e. The lowest BCUT2D eigenvalue weighted by Gasteiger charge is -2.24. The van der Waals surface area contributed by atoms with E-state index in [1.165, 1.54) is 15.7 Å². The molecule has 4 aromatic carbocycles. The molecule has 0 radical (unpaired) electrons. The van der Waals surface area contributed by atoms with Crippen LogP contribution < -0.4 is 3.71 Å². The topological polar surface area (TPSA) is 63.2 Å². The van der Waals surface area contributed by atoms with E-state index in [-0.39, 0.29) is 5.75 Å². The molecule has 0 aliphatic carbocycles. The third kappa shape index (κ3) is 6.49.